The Labute approximate surface area is 102 Å². The molecule has 0 rings (SSSR count). The van der Waals surface area contributed by atoms with Crippen molar-refractivity contribution in [1.82, 2.24) is 0 Å². The van der Waals surface area contributed by atoms with Gasteiger partial charge in [-0.1, -0.05) is 20.8 Å². The molecule has 0 aliphatic carbocycles. The molecule has 14 heavy (non-hydrogen) atoms. The van der Waals surface area contributed by atoms with Gasteiger partial charge >= 0.3 is 0 Å². The van der Waals surface area contributed by atoms with Crippen molar-refractivity contribution in [2.24, 2.45) is 0 Å². The summed E-state index contributed by atoms with van der Waals surface area (Å²) in [5.74, 6) is 0. The van der Waals surface area contributed by atoms with E-state index in [1.54, 1.807) is 0 Å². The van der Waals surface area contributed by atoms with Crippen molar-refractivity contribution in [1.29, 1.82) is 0 Å². The highest BCUT2D eigenvalue weighted by atomic mass is 127. The van der Waals surface area contributed by atoms with Crippen molar-refractivity contribution >= 4 is 30.9 Å². The van der Waals surface area contributed by atoms with Crippen LogP contribution in [0.1, 0.15) is 20.8 Å². The van der Waals surface area contributed by atoms with Gasteiger partial charge in [-0.3, -0.25) is 0 Å². The van der Waals surface area contributed by atoms with E-state index in [-0.39, 0.29) is 11.6 Å². The lowest BCUT2D eigenvalue weighted by Gasteiger charge is -2.35. The zero-order valence-electron chi connectivity index (χ0n) is 9.72. The molecule has 84 valence electrons. The lowest BCUT2D eigenvalue weighted by atomic mass is 10.2. The number of halogens is 1. The summed E-state index contributed by atoms with van der Waals surface area (Å²) in [7, 11) is -1.61. The third-order valence-electron chi connectivity index (χ3n) is 2.71. The summed E-state index contributed by atoms with van der Waals surface area (Å²) in [5, 5.41) is 9.06. The second-order valence-electron chi connectivity index (χ2n) is 4.88. The van der Waals surface area contributed by atoms with Crippen molar-refractivity contribution in [3.63, 3.8) is 0 Å². The number of rotatable bonds is 4. The first-order valence-corrected chi connectivity index (χ1v) is 8.79. The number of aliphatic hydroxyl groups excluding tert-OH is 1. The van der Waals surface area contributed by atoms with E-state index in [1.807, 2.05) is 6.08 Å². The molecule has 0 unspecified atom stereocenters. The SMILES string of the molecule is CC(C)(C)[Si](C)(C)OCC=C(I)CO. The van der Waals surface area contributed by atoms with Gasteiger partial charge in [0.2, 0.25) is 0 Å². The normalized spacial score (nSPS) is 14.6. The van der Waals surface area contributed by atoms with Gasteiger partial charge in [0.25, 0.3) is 0 Å². The van der Waals surface area contributed by atoms with E-state index < -0.39 is 8.32 Å². The van der Waals surface area contributed by atoms with Crippen molar-refractivity contribution < 1.29 is 9.53 Å². The van der Waals surface area contributed by atoms with Gasteiger partial charge in [-0.15, -0.1) is 0 Å². The van der Waals surface area contributed by atoms with E-state index in [1.165, 1.54) is 0 Å². The van der Waals surface area contributed by atoms with Crippen LogP contribution < -0.4 is 0 Å². The predicted octanol–water partition coefficient (Wildman–Crippen LogP) is 3.32. The zero-order valence-corrected chi connectivity index (χ0v) is 12.9. The van der Waals surface area contributed by atoms with Gasteiger partial charge in [0, 0.05) is 3.58 Å². The van der Waals surface area contributed by atoms with Crippen LogP contribution in [0.25, 0.3) is 0 Å². The summed E-state index contributed by atoms with van der Waals surface area (Å²) >= 11 is 2.12. The summed E-state index contributed by atoms with van der Waals surface area (Å²) in [6.45, 7) is 11.9. The number of hydrogen-bond acceptors (Lipinski definition) is 2. The maximum atomic E-state index is 8.80. The first-order chi connectivity index (χ1) is 6.20. The maximum absolute atomic E-state index is 8.80. The Morgan fingerprint density at radius 1 is 1.43 bits per heavy atom. The largest absolute Gasteiger partial charge is 0.413 e. The molecule has 0 aliphatic rings. The van der Waals surface area contributed by atoms with Crippen molar-refractivity contribution in [2.45, 2.75) is 38.9 Å². The molecule has 0 saturated carbocycles. The van der Waals surface area contributed by atoms with Crippen LogP contribution in [-0.2, 0) is 4.43 Å². The molecule has 0 aliphatic heterocycles. The molecular weight excluding hydrogens is 307 g/mol. The zero-order chi connectivity index (χ0) is 11.4. The van der Waals surface area contributed by atoms with Gasteiger partial charge < -0.3 is 9.53 Å². The van der Waals surface area contributed by atoms with Gasteiger partial charge in [-0.25, -0.2) is 0 Å². The molecule has 0 heterocycles. The monoisotopic (exact) mass is 328 g/mol. The fourth-order valence-electron chi connectivity index (χ4n) is 0.621. The molecule has 0 atom stereocenters. The minimum absolute atomic E-state index is 0.113. The molecule has 0 radical (unpaired) electrons. The standard InChI is InChI=1S/C10H21IO2Si/c1-10(2,3)14(4,5)13-7-6-9(11)8-12/h6,12H,7-8H2,1-5H3. The number of hydrogen-bond donors (Lipinski definition) is 1. The molecule has 0 aromatic rings. The Hall–Kier alpha value is 0.607. The molecule has 4 heteroatoms. The molecule has 0 aromatic carbocycles. The highest BCUT2D eigenvalue weighted by molar-refractivity contribution is 14.1. The van der Waals surface area contributed by atoms with Gasteiger partial charge in [0.1, 0.15) is 0 Å². The summed E-state index contributed by atoms with van der Waals surface area (Å²) < 4.78 is 6.86. The Kier molecular flexibility index (Phi) is 5.87. The smallest absolute Gasteiger partial charge is 0.192 e. The average molecular weight is 328 g/mol. The Bertz CT molecular complexity index is 207. The summed E-state index contributed by atoms with van der Waals surface area (Å²) in [4.78, 5) is 0. The van der Waals surface area contributed by atoms with Crippen LogP contribution >= 0.6 is 22.6 Å². The maximum Gasteiger partial charge on any atom is 0.192 e. The second kappa shape index (κ2) is 5.63. The molecule has 2 nitrogen and oxygen atoms in total. The van der Waals surface area contributed by atoms with Gasteiger partial charge in [0.05, 0.1) is 13.2 Å². The third kappa shape index (κ3) is 4.91. The highest BCUT2D eigenvalue weighted by Gasteiger charge is 2.36. The summed E-state index contributed by atoms with van der Waals surface area (Å²) in [6.07, 6.45) is 1.95. The molecule has 0 bridgehead atoms. The van der Waals surface area contributed by atoms with Gasteiger partial charge in [-0.05, 0) is 46.8 Å². The van der Waals surface area contributed by atoms with Crippen LogP contribution in [0.15, 0.2) is 9.66 Å². The van der Waals surface area contributed by atoms with Gasteiger partial charge in [-0.2, -0.15) is 0 Å². The van der Waals surface area contributed by atoms with E-state index in [2.05, 4.69) is 56.5 Å². The lowest BCUT2D eigenvalue weighted by molar-refractivity contribution is 0.320. The minimum atomic E-state index is -1.61. The molecule has 0 fully saturated rings. The van der Waals surface area contributed by atoms with Crippen LogP contribution in [-0.4, -0.2) is 26.6 Å². The fraction of sp³-hybridized carbons (Fsp3) is 0.800. The van der Waals surface area contributed by atoms with E-state index in [0.717, 1.165) is 3.58 Å². The van der Waals surface area contributed by atoms with Crippen molar-refractivity contribution in [2.75, 3.05) is 13.2 Å². The van der Waals surface area contributed by atoms with Crippen LogP contribution in [0, 0.1) is 0 Å². The van der Waals surface area contributed by atoms with Crippen LogP contribution in [0.2, 0.25) is 18.1 Å². The van der Waals surface area contributed by atoms with E-state index in [9.17, 15) is 0 Å². The van der Waals surface area contributed by atoms with E-state index in [0.29, 0.717) is 6.61 Å². The minimum Gasteiger partial charge on any atom is -0.413 e. The topological polar surface area (TPSA) is 29.5 Å². The van der Waals surface area contributed by atoms with Crippen LogP contribution in [0.3, 0.4) is 0 Å². The molecular formula is C10H21IO2Si. The van der Waals surface area contributed by atoms with Crippen LogP contribution in [0.5, 0.6) is 0 Å². The highest BCUT2D eigenvalue weighted by Crippen LogP contribution is 2.36. The summed E-state index contributed by atoms with van der Waals surface area (Å²) in [6, 6.07) is 0. The second-order valence-corrected chi connectivity index (χ2v) is 11.1. The molecule has 0 aromatic heterocycles. The van der Waals surface area contributed by atoms with E-state index in [4.69, 9.17) is 9.53 Å². The molecule has 0 spiro atoms. The Morgan fingerprint density at radius 2 is 1.93 bits per heavy atom. The molecule has 0 amide bonds. The predicted molar refractivity (Wildman–Crippen MR) is 72.3 cm³/mol. The molecule has 0 saturated heterocycles. The summed E-state index contributed by atoms with van der Waals surface area (Å²) in [5.41, 5.74) is 0. The average Bonchev–Trinajstić information content (AvgIpc) is 2.01. The fourth-order valence-corrected chi connectivity index (χ4v) is 1.73. The first kappa shape index (κ1) is 14.6. The van der Waals surface area contributed by atoms with Gasteiger partial charge in [0.15, 0.2) is 8.32 Å². The van der Waals surface area contributed by atoms with Crippen molar-refractivity contribution in [3.05, 3.63) is 9.66 Å². The quantitative estimate of drug-likeness (QED) is 0.634. The van der Waals surface area contributed by atoms with E-state index >= 15 is 0 Å². The molecule has 1 N–H and O–H groups in total. The van der Waals surface area contributed by atoms with Crippen molar-refractivity contribution in [3.8, 4) is 0 Å². The lowest BCUT2D eigenvalue weighted by Crippen LogP contribution is -2.40. The van der Waals surface area contributed by atoms with Crippen LogP contribution in [0.4, 0.5) is 0 Å². The third-order valence-corrected chi connectivity index (χ3v) is 7.99. The Morgan fingerprint density at radius 3 is 2.29 bits per heavy atom. The first-order valence-electron chi connectivity index (χ1n) is 4.80. The Balaban J connectivity index is 4.14. The number of aliphatic hydroxyl groups is 1.